The van der Waals surface area contributed by atoms with Crippen LogP contribution in [0.2, 0.25) is 0 Å². The highest BCUT2D eigenvalue weighted by Gasteiger charge is 2.72. The second kappa shape index (κ2) is 13.7. The first-order valence-corrected chi connectivity index (χ1v) is 20.3. The number of ether oxygens (including phenoxy) is 4. The largest absolute Gasteiger partial charge is 0.481 e. The van der Waals surface area contributed by atoms with Crippen molar-refractivity contribution in [2.75, 3.05) is 13.2 Å². The summed E-state index contributed by atoms with van der Waals surface area (Å²) in [5.41, 5.74) is -1.62. The minimum absolute atomic E-state index is 0.0186. The van der Waals surface area contributed by atoms with Gasteiger partial charge in [-0.05, 0) is 104 Å². The van der Waals surface area contributed by atoms with Crippen molar-refractivity contribution in [3.63, 3.8) is 0 Å². The molecule has 0 radical (unpaired) electrons. The van der Waals surface area contributed by atoms with Crippen LogP contribution in [0.25, 0.3) is 0 Å². The van der Waals surface area contributed by atoms with Gasteiger partial charge in [-0.25, -0.2) is 0 Å². The Labute approximate surface area is 319 Å². The van der Waals surface area contributed by atoms with Crippen LogP contribution in [-0.4, -0.2) is 128 Å². The lowest BCUT2D eigenvalue weighted by Crippen LogP contribution is -2.68. The molecule has 0 spiro atoms. The van der Waals surface area contributed by atoms with Gasteiger partial charge in [-0.2, -0.15) is 0 Å². The molecule has 0 amide bonds. The maximum absolute atomic E-state index is 13.1. The summed E-state index contributed by atoms with van der Waals surface area (Å²) in [6.07, 6.45) is -5.25. The molecule has 19 atom stereocenters. The Hall–Kier alpha value is -1.23. The highest BCUT2D eigenvalue weighted by Crippen LogP contribution is 2.76. The normalized spacial score (nSPS) is 55.7. The number of carboxylic acids is 1. The van der Waals surface area contributed by atoms with E-state index in [4.69, 9.17) is 18.9 Å². The number of aliphatic carboxylic acids is 1. The van der Waals surface area contributed by atoms with E-state index in [0.29, 0.717) is 19.3 Å². The van der Waals surface area contributed by atoms with E-state index in [2.05, 4.69) is 40.7 Å². The maximum atomic E-state index is 13.1. The Morgan fingerprint density at radius 3 is 2.20 bits per heavy atom. The fraction of sp³-hybridized carbons (Fsp3) is 0.927. The summed E-state index contributed by atoms with van der Waals surface area (Å²) < 4.78 is 24.3. The Kier molecular flexibility index (Phi) is 10.4. The monoisotopic (exact) mass is 766 g/mol. The molecule has 5 aliphatic carbocycles. The fourth-order valence-corrected chi connectivity index (χ4v) is 13.4. The van der Waals surface area contributed by atoms with Crippen LogP contribution in [-0.2, 0) is 23.7 Å². The van der Waals surface area contributed by atoms with Crippen molar-refractivity contribution in [3.05, 3.63) is 11.6 Å². The molecular weight excluding hydrogens is 700 g/mol. The van der Waals surface area contributed by atoms with Gasteiger partial charge in [-0.3, -0.25) is 4.79 Å². The van der Waals surface area contributed by atoms with E-state index in [-0.39, 0.29) is 47.2 Å². The molecule has 0 aromatic rings. The third-order valence-electron chi connectivity index (χ3n) is 17.0. The van der Waals surface area contributed by atoms with E-state index in [1.165, 1.54) is 12.5 Å². The first kappa shape index (κ1) is 40.9. The topological polar surface area (TPSA) is 216 Å². The molecular formula is C41H66O13. The molecule has 308 valence electrons. The molecule has 2 heterocycles. The standard InChI is InChI=1S/C41H66O13/c1-20-28(45)30(47)31(48)33(52-20)54-32-29(46)23(43)18-51-34(32)53-27-11-12-37(4)24(38(27,5)19-42)10-13-39(6)25(37)9-8-21-22-16-36(2,3)14-15-41(22,35(49)50)26(44)17-40(21,39)7/h8,20,22-34,42-48H,9-19H2,1-7H3,(H,49,50)/t20-,22-,23-,24+,25-,26-,27-,28-,29-,30+,31+,32+,33-,34-,37+,38+,39+,40+,41+/m0/s1. The number of hydrogen-bond acceptors (Lipinski definition) is 12. The zero-order chi connectivity index (χ0) is 39.6. The average molecular weight is 767 g/mol. The summed E-state index contributed by atoms with van der Waals surface area (Å²) >= 11 is 0. The van der Waals surface area contributed by atoms with E-state index < -0.39 is 89.7 Å². The Balaban J connectivity index is 1.16. The lowest BCUT2D eigenvalue weighted by molar-refractivity contribution is -0.365. The Morgan fingerprint density at radius 2 is 1.54 bits per heavy atom. The van der Waals surface area contributed by atoms with Gasteiger partial charge in [0.05, 0.1) is 31.5 Å². The SMILES string of the molecule is C[C@@H]1O[C@@H](O[C@H]2[C@H](O[C@H]3CC[C@]4(C)[C@@H](CC[C@]5(C)[C@H]4CC=C4[C@@H]6CC(C)(C)CC[C@]6(C(=O)O)[C@@H](O)C[C@]45C)[C@@]3(C)CO)OC[C@H](O)[C@@H]2O)[C@H](O)[C@H](O)[C@H]1O. The van der Waals surface area contributed by atoms with Crippen LogP contribution in [0.5, 0.6) is 0 Å². The number of hydrogen-bond donors (Lipinski definition) is 8. The smallest absolute Gasteiger partial charge is 0.312 e. The first-order valence-electron chi connectivity index (χ1n) is 20.3. The van der Waals surface area contributed by atoms with Crippen LogP contribution in [0.15, 0.2) is 11.6 Å². The summed E-state index contributed by atoms with van der Waals surface area (Å²) in [6, 6.07) is 0. The molecule has 13 heteroatoms. The summed E-state index contributed by atoms with van der Waals surface area (Å²) in [6.45, 7) is 14.6. The number of rotatable bonds is 6. The molecule has 2 aliphatic heterocycles. The second-order valence-corrected chi connectivity index (χ2v) is 20.1. The fourth-order valence-electron chi connectivity index (χ4n) is 13.4. The molecule has 54 heavy (non-hydrogen) atoms. The van der Waals surface area contributed by atoms with E-state index >= 15 is 0 Å². The number of carbonyl (C=O) groups is 1. The lowest BCUT2D eigenvalue weighted by Gasteiger charge is -2.71. The molecule has 0 unspecified atom stereocenters. The van der Waals surface area contributed by atoms with Gasteiger partial charge >= 0.3 is 5.97 Å². The van der Waals surface area contributed by atoms with Gasteiger partial charge in [0.25, 0.3) is 0 Å². The van der Waals surface area contributed by atoms with Crippen LogP contribution in [0, 0.1) is 50.2 Å². The average Bonchev–Trinajstić information content (AvgIpc) is 3.10. The van der Waals surface area contributed by atoms with Crippen molar-refractivity contribution in [2.45, 2.75) is 174 Å². The van der Waals surface area contributed by atoms with Crippen molar-refractivity contribution in [2.24, 2.45) is 50.2 Å². The van der Waals surface area contributed by atoms with Crippen LogP contribution >= 0.6 is 0 Å². The second-order valence-electron chi connectivity index (χ2n) is 20.1. The lowest BCUT2D eigenvalue weighted by atomic mass is 9.33. The third kappa shape index (κ3) is 5.76. The molecule has 0 aromatic carbocycles. The van der Waals surface area contributed by atoms with Crippen LogP contribution in [0.1, 0.15) is 106 Å². The molecule has 7 aliphatic rings. The molecule has 7 rings (SSSR count). The third-order valence-corrected chi connectivity index (χ3v) is 17.0. The van der Waals surface area contributed by atoms with Gasteiger partial charge < -0.3 is 59.8 Å². The minimum Gasteiger partial charge on any atom is -0.481 e. The van der Waals surface area contributed by atoms with Crippen molar-refractivity contribution in [3.8, 4) is 0 Å². The van der Waals surface area contributed by atoms with E-state index in [1.807, 2.05) is 6.92 Å². The van der Waals surface area contributed by atoms with Crippen molar-refractivity contribution in [1.82, 2.24) is 0 Å². The molecule has 0 aromatic heterocycles. The van der Waals surface area contributed by atoms with Crippen molar-refractivity contribution in [1.29, 1.82) is 0 Å². The molecule has 0 bridgehead atoms. The maximum Gasteiger partial charge on any atom is 0.312 e. The highest BCUT2D eigenvalue weighted by molar-refractivity contribution is 5.77. The quantitative estimate of drug-likeness (QED) is 0.144. The number of fused-ring (bicyclic) bond motifs is 7. The van der Waals surface area contributed by atoms with Crippen LogP contribution in [0.4, 0.5) is 0 Å². The van der Waals surface area contributed by atoms with E-state index in [1.54, 1.807) is 0 Å². The minimum atomic E-state index is -1.64. The van der Waals surface area contributed by atoms with E-state index in [0.717, 1.165) is 38.5 Å². The van der Waals surface area contributed by atoms with E-state index in [9.17, 15) is 45.6 Å². The van der Waals surface area contributed by atoms with Crippen LogP contribution < -0.4 is 0 Å². The summed E-state index contributed by atoms with van der Waals surface area (Å²) in [5, 5.41) is 86.9. The number of carboxylic acid groups (broad SMARTS) is 1. The predicted octanol–water partition coefficient (Wildman–Crippen LogP) is 2.49. The zero-order valence-electron chi connectivity index (χ0n) is 33.1. The molecule has 8 N–H and O–H groups in total. The van der Waals surface area contributed by atoms with Gasteiger partial charge in [0, 0.05) is 5.41 Å². The van der Waals surface area contributed by atoms with Gasteiger partial charge in [-0.1, -0.05) is 53.2 Å². The van der Waals surface area contributed by atoms with Crippen LogP contribution in [0.3, 0.4) is 0 Å². The van der Waals surface area contributed by atoms with Crippen molar-refractivity contribution < 1.29 is 64.6 Å². The molecule has 6 fully saturated rings. The van der Waals surface area contributed by atoms with Crippen molar-refractivity contribution >= 4 is 5.97 Å². The molecule has 2 saturated heterocycles. The zero-order valence-corrected chi connectivity index (χ0v) is 33.1. The van der Waals surface area contributed by atoms with Gasteiger partial charge in [-0.15, -0.1) is 0 Å². The summed E-state index contributed by atoms with van der Waals surface area (Å²) in [5.74, 6) is -0.912. The Bertz CT molecular complexity index is 1470. The number of aliphatic hydroxyl groups is 7. The van der Waals surface area contributed by atoms with Gasteiger partial charge in [0.1, 0.15) is 42.0 Å². The Morgan fingerprint density at radius 1 is 0.833 bits per heavy atom. The number of aliphatic hydroxyl groups excluding tert-OH is 7. The van der Waals surface area contributed by atoms with Gasteiger partial charge in [0.2, 0.25) is 0 Å². The summed E-state index contributed by atoms with van der Waals surface area (Å²) in [7, 11) is 0. The summed E-state index contributed by atoms with van der Waals surface area (Å²) in [4.78, 5) is 13.1. The molecule has 13 nitrogen and oxygen atoms in total. The molecule has 4 saturated carbocycles. The first-order chi connectivity index (χ1) is 25.1. The predicted molar refractivity (Wildman–Crippen MR) is 193 cm³/mol. The van der Waals surface area contributed by atoms with Gasteiger partial charge in [0.15, 0.2) is 12.6 Å². The highest BCUT2D eigenvalue weighted by atomic mass is 16.8. The number of allylic oxidation sites excluding steroid dienone is 2.